The molecule has 0 radical (unpaired) electrons. The van der Waals surface area contributed by atoms with E-state index in [1.54, 1.807) is 0 Å². The van der Waals surface area contributed by atoms with Gasteiger partial charge in [0.05, 0.1) is 0 Å². The maximum Gasteiger partial charge on any atom is 0.303 e. The SMILES string of the molecule is NCCc1ccccc1C(=O)N1CCC(CCC(=O)O)C1. The molecule has 5 nitrogen and oxygen atoms in total. The van der Waals surface area contributed by atoms with Gasteiger partial charge in [-0.05, 0) is 43.4 Å². The Morgan fingerprint density at radius 3 is 2.81 bits per heavy atom. The van der Waals surface area contributed by atoms with E-state index in [1.165, 1.54) is 0 Å². The second-order valence-electron chi connectivity index (χ2n) is 5.53. The summed E-state index contributed by atoms with van der Waals surface area (Å²) in [4.78, 5) is 25.0. The molecule has 0 saturated carbocycles. The number of carboxylic acids is 1. The number of likely N-dealkylation sites (tertiary alicyclic amines) is 1. The molecule has 21 heavy (non-hydrogen) atoms. The first-order valence-corrected chi connectivity index (χ1v) is 7.41. The van der Waals surface area contributed by atoms with Gasteiger partial charge in [-0.3, -0.25) is 9.59 Å². The molecule has 5 heteroatoms. The molecule has 1 fully saturated rings. The summed E-state index contributed by atoms with van der Waals surface area (Å²) in [5.41, 5.74) is 7.30. The predicted molar refractivity (Wildman–Crippen MR) is 80.1 cm³/mol. The summed E-state index contributed by atoms with van der Waals surface area (Å²) < 4.78 is 0. The van der Waals surface area contributed by atoms with Crippen LogP contribution in [0.4, 0.5) is 0 Å². The van der Waals surface area contributed by atoms with Crippen LogP contribution in [0.5, 0.6) is 0 Å². The van der Waals surface area contributed by atoms with Gasteiger partial charge in [-0.2, -0.15) is 0 Å². The second kappa shape index (κ2) is 7.22. The number of carboxylic acid groups (broad SMARTS) is 1. The van der Waals surface area contributed by atoms with Gasteiger partial charge in [-0.25, -0.2) is 0 Å². The monoisotopic (exact) mass is 290 g/mol. The molecule has 0 aliphatic carbocycles. The van der Waals surface area contributed by atoms with E-state index in [-0.39, 0.29) is 12.3 Å². The van der Waals surface area contributed by atoms with Crippen molar-refractivity contribution in [3.8, 4) is 0 Å². The topological polar surface area (TPSA) is 83.6 Å². The van der Waals surface area contributed by atoms with Gasteiger partial charge in [-0.1, -0.05) is 18.2 Å². The molecule has 0 spiro atoms. The van der Waals surface area contributed by atoms with E-state index in [4.69, 9.17) is 10.8 Å². The lowest BCUT2D eigenvalue weighted by atomic mass is 10.0. The fourth-order valence-corrected chi connectivity index (χ4v) is 2.85. The Morgan fingerprint density at radius 1 is 1.33 bits per heavy atom. The summed E-state index contributed by atoms with van der Waals surface area (Å²) in [6.45, 7) is 1.88. The van der Waals surface area contributed by atoms with Crippen molar-refractivity contribution in [3.63, 3.8) is 0 Å². The molecule has 1 aliphatic heterocycles. The predicted octanol–water partition coefficient (Wildman–Crippen LogP) is 1.51. The van der Waals surface area contributed by atoms with Gasteiger partial charge in [0.1, 0.15) is 0 Å². The highest BCUT2D eigenvalue weighted by Gasteiger charge is 2.27. The van der Waals surface area contributed by atoms with Crippen molar-refractivity contribution < 1.29 is 14.7 Å². The lowest BCUT2D eigenvalue weighted by Gasteiger charge is -2.18. The zero-order valence-corrected chi connectivity index (χ0v) is 12.1. The average molecular weight is 290 g/mol. The Kier molecular flexibility index (Phi) is 5.33. The fraction of sp³-hybridized carbons (Fsp3) is 0.500. The van der Waals surface area contributed by atoms with E-state index < -0.39 is 5.97 Å². The van der Waals surface area contributed by atoms with E-state index in [0.717, 1.165) is 17.5 Å². The molecule has 0 aromatic heterocycles. The van der Waals surface area contributed by atoms with Crippen molar-refractivity contribution in [2.24, 2.45) is 11.7 Å². The average Bonchev–Trinajstić information content (AvgIpc) is 2.94. The Balaban J connectivity index is 2.00. The van der Waals surface area contributed by atoms with Gasteiger partial charge in [0, 0.05) is 25.1 Å². The lowest BCUT2D eigenvalue weighted by Crippen LogP contribution is -2.29. The molecular formula is C16H22N2O3. The molecule has 1 aliphatic rings. The van der Waals surface area contributed by atoms with Crippen LogP contribution >= 0.6 is 0 Å². The highest BCUT2D eigenvalue weighted by molar-refractivity contribution is 5.95. The normalized spacial score (nSPS) is 18.0. The Hall–Kier alpha value is -1.88. The fourth-order valence-electron chi connectivity index (χ4n) is 2.85. The maximum atomic E-state index is 12.6. The number of hydrogen-bond acceptors (Lipinski definition) is 3. The van der Waals surface area contributed by atoms with Crippen molar-refractivity contribution >= 4 is 11.9 Å². The molecule has 1 aromatic rings. The van der Waals surface area contributed by atoms with Crippen molar-refractivity contribution in [2.45, 2.75) is 25.7 Å². The van der Waals surface area contributed by atoms with E-state index in [1.807, 2.05) is 29.2 Å². The van der Waals surface area contributed by atoms with Crippen LogP contribution in [-0.4, -0.2) is 41.5 Å². The van der Waals surface area contributed by atoms with Crippen LogP contribution in [0.15, 0.2) is 24.3 Å². The molecule has 3 N–H and O–H groups in total. The first kappa shape index (κ1) is 15.5. The highest BCUT2D eigenvalue weighted by Crippen LogP contribution is 2.23. The Labute approximate surface area is 124 Å². The number of aliphatic carboxylic acids is 1. The number of hydrogen-bond donors (Lipinski definition) is 2. The molecule has 1 unspecified atom stereocenters. The highest BCUT2D eigenvalue weighted by atomic mass is 16.4. The number of rotatable bonds is 6. The molecule has 1 amide bonds. The molecular weight excluding hydrogens is 268 g/mol. The van der Waals surface area contributed by atoms with Crippen LogP contribution in [0.1, 0.15) is 35.2 Å². The number of benzene rings is 1. The number of carbonyl (C=O) groups excluding carboxylic acids is 1. The van der Waals surface area contributed by atoms with Crippen LogP contribution in [0, 0.1) is 5.92 Å². The van der Waals surface area contributed by atoms with E-state index in [0.29, 0.717) is 38.4 Å². The molecule has 1 saturated heterocycles. The van der Waals surface area contributed by atoms with Crippen molar-refractivity contribution in [3.05, 3.63) is 35.4 Å². The first-order chi connectivity index (χ1) is 10.1. The number of nitrogens with two attached hydrogens (primary N) is 1. The second-order valence-corrected chi connectivity index (χ2v) is 5.53. The number of carbonyl (C=O) groups is 2. The quantitative estimate of drug-likeness (QED) is 0.832. The first-order valence-electron chi connectivity index (χ1n) is 7.41. The van der Waals surface area contributed by atoms with Gasteiger partial charge in [0.25, 0.3) is 5.91 Å². The van der Waals surface area contributed by atoms with Crippen LogP contribution in [-0.2, 0) is 11.2 Å². The smallest absolute Gasteiger partial charge is 0.303 e. The van der Waals surface area contributed by atoms with Crippen molar-refractivity contribution in [2.75, 3.05) is 19.6 Å². The van der Waals surface area contributed by atoms with Crippen LogP contribution in [0.25, 0.3) is 0 Å². The zero-order chi connectivity index (χ0) is 15.2. The van der Waals surface area contributed by atoms with Gasteiger partial charge in [-0.15, -0.1) is 0 Å². The van der Waals surface area contributed by atoms with E-state index >= 15 is 0 Å². The number of amides is 1. The Bertz CT molecular complexity index is 516. The van der Waals surface area contributed by atoms with E-state index in [2.05, 4.69) is 0 Å². The van der Waals surface area contributed by atoms with Gasteiger partial charge in [0.2, 0.25) is 0 Å². The third-order valence-electron chi connectivity index (χ3n) is 4.00. The summed E-state index contributed by atoms with van der Waals surface area (Å²) in [5, 5.41) is 8.73. The molecule has 1 atom stereocenters. The standard InChI is InChI=1S/C16H22N2O3/c17-9-7-13-3-1-2-4-14(13)16(21)18-10-8-12(11-18)5-6-15(19)20/h1-4,12H,5-11,17H2,(H,19,20). The molecule has 1 aromatic carbocycles. The third-order valence-corrected chi connectivity index (χ3v) is 4.00. The summed E-state index contributed by atoms with van der Waals surface area (Å²) in [6.07, 6.45) is 2.40. The van der Waals surface area contributed by atoms with Crippen LogP contribution < -0.4 is 5.73 Å². The van der Waals surface area contributed by atoms with Crippen molar-refractivity contribution in [1.82, 2.24) is 4.90 Å². The molecule has 114 valence electrons. The van der Waals surface area contributed by atoms with Crippen LogP contribution in [0.2, 0.25) is 0 Å². The summed E-state index contributed by atoms with van der Waals surface area (Å²) >= 11 is 0. The van der Waals surface area contributed by atoms with Crippen molar-refractivity contribution in [1.29, 1.82) is 0 Å². The van der Waals surface area contributed by atoms with E-state index in [9.17, 15) is 9.59 Å². The zero-order valence-electron chi connectivity index (χ0n) is 12.1. The summed E-state index contributed by atoms with van der Waals surface area (Å²) in [7, 11) is 0. The maximum absolute atomic E-state index is 12.6. The van der Waals surface area contributed by atoms with Gasteiger partial charge < -0.3 is 15.7 Å². The minimum atomic E-state index is -0.770. The van der Waals surface area contributed by atoms with Crippen LogP contribution in [0.3, 0.4) is 0 Å². The van der Waals surface area contributed by atoms with Gasteiger partial charge in [0.15, 0.2) is 0 Å². The van der Waals surface area contributed by atoms with Gasteiger partial charge >= 0.3 is 5.97 Å². The minimum absolute atomic E-state index is 0.0388. The lowest BCUT2D eigenvalue weighted by molar-refractivity contribution is -0.137. The summed E-state index contributed by atoms with van der Waals surface area (Å²) in [6, 6.07) is 7.57. The number of nitrogens with zero attached hydrogens (tertiary/aromatic N) is 1. The largest absolute Gasteiger partial charge is 0.481 e. The minimum Gasteiger partial charge on any atom is -0.481 e. The molecule has 0 bridgehead atoms. The molecule has 1 heterocycles. The third kappa shape index (κ3) is 4.04. The Morgan fingerprint density at radius 2 is 2.10 bits per heavy atom. The summed E-state index contributed by atoms with van der Waals surface area (Å²) in [5.74, 6) is -0.434. The molecule has 2 rings (SSSR count).